The summed E-state index contributed by atoms with van der Waals surface area (Å²) in [5, 5.41) is 4.00. The molecule has 2 aromatic heterocycles. The molecule has 1 fully saturated rings. The number of fused-ring (bicyclic) bond motifs is 1. The molecule has 1 saturated heterocycles. The van der Waals surface area contributed by atoms with Gasteiger partial charge in [0.15, 0.2) is 5.65 Å². The van der Waals surface area contributed by atoms with Gasteiger partial charge in [-0.05, 0) is 25.5 Å². The predicted octanol–water partition coefficient (Wildman–Crippen LogP) is 1.56. The lowest BCUT2D eigenvalue weighted by molar-refractivity contribution is 0.154. The molecule has 124 valence electrons. The summed E-state index contributed by atoms with van der Waals surface area (Å²) in [4.78, 5) is 24.4. The molecule has 1 atom stereocenters. The zero-order chi connectivity index (χ0) is 16.2. The van der Waals surface area contributed by atoms with Crippen LogP contribution < -0.4 is 10.9 Å². The summed E-state index contributed by atoms with van der Waals surface area (Å²) in [5.41, 5.74) is 0.588. The van der Waals surface area contributed by atoms with Gasteiger partial charge in [-0.15, -0.1) is 0 Å². The van der Waals surface area contributed by atoms with Gasteiger partial charge < -0.3 is 5.32 Å². The summed E-state index contributed by atoms with van der Waals surface area (Å²) in [5.74, 6) is 0.868. The highest BCUT2D eigenvalue weighted by molar-refractivity contribution is 5.73. The fourth-order valence-corrected chi connectivity index (χ4v) is 3.37. The van der Waals surface area contributed by atoms with Crippen LogP contribution in [0.25, 0.3) is 11.0 Å². The van der Waals surface area contributed by atoms with E-state index in [9.17, 15) is 4.79 Å². The second-order valence-corrected chi connectivity index (χ2v) is 5.98. The second-order valence-electron chi connectivity index (χ2n) is 5.98. The van der Waals surface area contributed by atoms with E-state index in [0.717, 1.165) is 44.8 Å². The van der Waals surface area contributed by atoms with Gasteiger partial charge in [0.1, 0.15) is 5.82 Å². The third kappa shape index (κ3) is 3.14. The molecule has 1 aliphatic heterocycles. The average Bonchev–Trinajstić information content (AvgIpc) is 2.60. The van der Waals surface area contributed by atoms with Gasteiger partial charge >= 0.3 is 0 Å². The van der Waals surface area contributed by atoms with Gasteiger partial charge in [-0.3, -0.25) is 14.3 Å². The second kappa shape index (κ2) is 7.19. The van der Waals surface area contributed by atoms with E-state index in [0.29, 0.717) is 17.6 Å². The zero-order valence-corrected chi connectivity index (χ0v) is 14.0. The summed E-state index contributed by atoms with van der Waals surface area (Å²) in [6.45, 7) is 8.79. The molecule has 0 bridgehead atoms. The van der Waals surface area contributed by atoms with Gasteiger partial charge in [-0.25, -0.2) is 9.97 Å². The molecule has 6 heteroatoms. The monoisotopic (exact) mass is 315 g/mol. The summed E-state index contributed by atoms with van der Waals surface area (Å²) >= 11 is 0. The van der Waals surface area contributed by atoms with Gasteiger partial charge in [0.25, 0.3) is 5.56 Å². The topological polar surface area (TPSA) is 63.1 Å². The molecule has 1 aliphatic rings. The van der Waals surface area contributed by atoms with Gasteiger partial charge in [-0.2, -0.15) is 0 Å². The summed E-state index contributed by atoms with van der Waals surface area (Å²) in [6, 6.07) is 3.79. The van der Waals surface area contributed by atoms with Crippen molar-refractivity contribution >= 4 is 11.0 Å². The first-order valence-corrected chi connectivity index (χ1v) is 8.56. The van der Waals surface area contributed by atoms with E-state index in [1.807, 2.05) is 17.6 Å². The fraction of sp³-hybridized carbons (Fsp3) is 0.588. The molecule has 0 aromatic carbocycles. The molecule has 0 saturated carbocycles. The molecule has 0 amide bonds. The Kier molecular flexibility index (Phi) is 5.03. The van der Waals surface area contributed by atoms with E-state index in [1.54, 1.807) is 12.3 Å². The van der Waals surface area contributed by atoms with E-state index in [2.05, 4.69) is 22.1 Å². The first kappa shape index (κ1) is 16.1. The van der Waals surface area contributed by atoms with Crippen LogP contribution in [0.4, 0.5) is 0 Å². The van der Waals surface area contributed by atoms with E-state index >= 15 is 0 Å². The number of rotatable bonds is 5. The van der Waals surface area contributed by atoms with Crippen molar-refractivity contribution < 1.29 is 0 Å². The molecule has 23 heavy (non-hydrogen) atoms. The molecule has 3 rings (SSSR count). The molecular formula is C17H25N5O. The Balaban J connectivity index is 2.12. The number of aromatic nitrogens is 3. The van der Waals surface area contributed by atoms with Crippen molar-refractivity contribution in [2.45, 2.75) is 39.3 Å². The number of nitrogens with zero attached hydrogens (tertiary/aromatic N) is 4. The van der Waals surface area contributed by atoms with Crippen molar-refractivity contribution in [2.24, 2.45) is 0 Å². The summed E-state index contributed by atoms with van der Waals surface area (Å²) in [7, 11) is 0. The van der Waals surface area contributed by atoms with Crippen LogP contribution in [0.15, 0.2) is 23.1 Å². The maximum atomic E-state index is 12.8. The van der Waals surface area contributed by atoms with Crippen LogP contribution in [0.2, 0.25) is 0 Å². The minimum atomic E-state index is 0.0248. The number of pyridine rings is 1. The molecule has 6 nitrogen and oxygen atoms in total. The third-order valence-electron chi connectivity index (χ3n) is 4.53. The number of hydrogen-bond acceptors (Lipinski definition) is 5. The molecule has 0 radical (unpaired) electrons. The summed E-state index contributed by atoms with van der Waals surface area (Å²) in [6.07, 6.45) is 3.77. The Labute approximate surface area is 136 Å². The number of nitrogens with one attached hydrogen (secondary N) is 1. The van der Waals surface area contributed by atoms with E-state index in [1.165, 1.54) is 0 Å². The number of hydrogen-bond donors (Lipinski definition) is 1. The van der Waals surface area contributed by atoms with Crippen molar-refractivity contribution in [3.8, 4) is 0 Å². The fourth-order valence-electron chi connectivity index (χ4n) is 3.37. The largest absolute Gasteiger partial charge is 0.314 e. The molecule has 0 aliphatic carbocycles. The highest BCUT2D eigenvalue weighted by Crippen LogP contribution is 2.25. The predicted molar refractivity (Wildman–Crippen MR) is 91.6 cm³/mol. The average molecular weight is 315 g/mol. The Morgan fingerprint density at radius 1 is 1.30 bits per heavy atom. The Hall–Kier alpha value is -1.79. The summed E-state index contributed by atoms with van der Waals surface area (Å²) < 4.78 is 1.83. The van der Waals surface area contributed by atoms with Crippen LogP contribution in [-0.4, -0.2) is 45.6 Å². The van der Waals surface area contributed by atoms with Crippen LogP contribution in [0.3, 0.4) is 0 Å². The van der Waals surface area contributed by atoms with Crippen LogP contribution in [0, 0.1) is 0 Å². The van der Waals surface area contributed by atoms with Gasteiger partial charge in [0, 0.05) is 38.9 Å². The standard InChI is InChI=1S/C17H25N5O/c1-3-6-14(21-11-9-18-10-12-21)16-20-15-13(7-5-8-19-15)17(23)22(16)4-2/h5,7-8,14,18H,3-4,6,9-12H2,1-2H3. The smallest absolute Gasteiger partial charge is 0.263 e. The Morgan fingerprint density at radius 2 is 2.09 bits per heavy atom. The highest BCUT2D eigenvalue weighted by atomic mass is 16.1. The van der Waals surface area contributed by atoms with E-state index < -0.39 is 0 Å². The van der Waals surface area contributed by atoms with Crippen molar-refractivity contribution in [3.05, 3.63) is 34.5 Å². The van der Waals surface area contributed by atoms with E-state index in [4.69, 9.17) is 4.98 Å². The molecular weight excluding hydrogens is 290 g/mol. The van der Waals surface area contributed by atoms with Crippen LogP contribution in [0.5, 0.6) is 0 Å². The van der Waals surface area contributed by atoms with Gasteiger partial charge in [0.05, 0.1) is 11.4 Å². The Bertz CT molecular complexity index is 720. The zero-order valence-electron chi connectivity index (χ0n) is 14.0. The SMILES string of the molecule is CCCC(c1nc2ncccc2c(=O)n1CC)N1CCNCC1. The molecule has 2 aromatic rings. The third-order valence-corrected chi connectivity index (χ3v) is 4.53. The van der Waals surface area contributed by atoms with Gasteiger partial charge in [0.2, 0.25) is 0 Å². The molecule has 3 heterocycles. The van der Waals surface area contributed by atoms with Crippen LogP contribution in [-0.2, 0) is 6.54 Å². The van der Waals surface area contributed by atoms with Crippen molar-refractivity contribution in [1.29, 1.82) is 0 Å². The van der Waals surface area contributed by atoms with Gasteiger partial charge in [-0.1, -0.05) is 13.3 Å². The normalized spacial score (nSPS) is 17.5. The van der Waals surface area contributed by atoms with E-state index in [-0.39, 0.29) is 11.6 Å². The highest BCUT2D eigenvalue weighted by Gasteiger charge is 2.26. The molecule has 1 N–H and O–H groups in total. The molecule has 0 spiro atoms. The van der Waals surface area contributed by atoms with Crippen molar-refractivity contribution in [3.63, 3.8) is 0 Å². The minimum absolute atomic E-state index is 0.0248. The van der Waals surface area contributed by atoms with Crippen LogP contribution in [0.1, 0.15) is 38.6 Å². The van der Waals surface area contributed by atoms with Crippen LogP contribution >= 0.6 is 0 Å². The lowest BCUT2D eigenvalue weighted by Crippen LogP contribution is -2.46. The lowest BCUT2D eigenvalue weighted by atomic mass is 10.1. The minimum Gasteiger partial charge on any atom is -0.314 e. The lowest BCUT2D eigenvalue weighted by Gasteiger charge is -2.35. The van der Waals surface area contributed by atoms with Crippen molar-refractivity contribution in [1.82, 2.24) is 24.8 Å². The Morgan fingerprint density at radius 3 is 2.78 bits per heavy atom. The molecule has 1 unspecified atom stereocenters. The quantitative estimate of drug-likeness (QED) is 0.907. The maximum absolute atomic E-state index is 12.8. The van der Waals surface area contributed by atoms with Crippen molar-refractivity contribution in [2.75, 3.05) is 26.2 Å². The maximum Gasteiger partial charge on any atom is 0.263 e. The number of piperazine rings is 1. The first-order chi connectivity index (χ1) is 11.3. The first-order valence-electron chi connectivity index (χ1n) is 8.56.